The quantitative estimate of drug-likeness (QED) is 0.657. The summed E-state index contributed by atoms with van der Waals surface area (Å²) < 4.78 is 5.95. The Bertz CT molecular complexity index is 747. The van der Waals surface area contributed by atoms with Crippen molar-refractivity contribution in [1.82, 2.24) is 4.90 Å². The van der Waals surface area contributed by atoms with Crippen molar-refractivity contribution in [1.29, 1.82) is 0 Å². The first-order chi connectivity index (χ1) is 13.6. The smallest absolute Gasteiger partial charge is 0.307 e. The lowest BCUT2D eigenvalue weighted by molar-refractivity contribution is -0.143. The summed E-state index contributed by atoms with van der Waals surface area (Å²) in [5.41, 5.74) is 3.92. The molecule has 0 spiro atoms. The highest BCUT2D eigenvalue weighted by atomic mass is 16.5. The van der Waals surface area contributed by atoms with E-state index in [1.54, 1.807) is 0 Å². The lowest BCUT2D eigenvalue weighted by Crippen LogP contribution is -2.40. The van der Waals surface area contributed by atoms with Crippen LogP contribution in [0.2, 0.25) is 0 Å². The number of benzene rings is 2. The summed E-state index contributed by atoms with van der Waals surface area (Å²) in [5.74, 6) is -0.570. The molecule has 1 heterocycles. The minimum atomic E-state index is -0.672. The number of rotatable bonds is 9. The Balaban J connectivity index is 1.50. The van der Waals surface area contributed by atoms with Crippen LogP contribution in [-0.2, 0) is 9.53 Å². The zero-order chi connectivity index (χ0) is 19.8. The molecule has 4 nitrogen and oxygen atoms in total. The van der Waals surface area contributed by atoms with Gasteiger partial charge in [-0.15, -0.1) is 0 Å². The number of carboxylic acid groups (broad SMARTS) is 1. The molecule has 4 heteroatoms. The van der Waals surface area contributed by atoms with E-state index >= 15 is 0 Å². The molecule has 150 valence electrons. The molecule has 0 aromatic heterocycles. The molecule has 0 bridgehead atoms. The maximum Gasteiger partial charge on any atom is 0.307 e. The molecule has 1 aliphatic rings. The summed E-state index contributed by atoms with van der Waals surface area (Å²) in [7, 11) is 0. The third-order valence-electron chi connectivity index (χ3n) is 5.60. The fourth-order valence-corrected chi connectivity index (χ4v) is 4.06. The van der Waals surface area contributed by atoms with Crippen molar-refractivity contribution < 1.29 is 14.6 Å². The van der Waals surface area contributed by atoms with Crippen molar-refractivity contribution >= 4 is 5.97 Å². The number of piperidine rings is 1. The first-order valence-electron chi connectivity index (χ1n) is 10.3. The molecule has 0 saturated carbocycles. The van der Waals surface area contributed by atoms with Gasteiger partial charge in [0.15, 0.2) is 0 Å². The molecule has 1 aliphatic heterocycles. The maximum atomic E-state index is 11.2. The third-order valence-corrected chi connectivity index (χ3v) is 5.60. The first kappa shape index (κ1) is 20.6. The van der Waals surface area contributed by atoms with E-state index < -0.39 is 5.97 Å². The highest BCUT2D eigenvalue weighted by Gasteiger charge is 2.24. The van der Waals surface area contributed by atoms with Crippen molar-refractivity contribution in [2.24, 2.45) is 5.92 Å². The van der Waals surface area contributed by atoms with E-state index in [9.17, 15) is 9.90 Å². The normalized spacial score (nSPS) is 18.7. The largest absolute Gasteiger partial charge is 0.481 e. The molecular weight excluding hydrogens is 350 g/mol. The molecule has 0 radical (unpaired) electrons. The highest BCUT2D eigenvalue weighted by molar-refractivity contribution is 5.70. The number of carbonyl (C=O) groups is 1. The Kier molecular flexibility index (Phi) is 7.63. The Morgan fingerprint density at radius 2 is 1.93 bits per heavy atom. The van der Waals surface area contributed by atoms with Crippen LogP contribution in [0.25, 0.3) is 0 Å². The van der Waals surface area contributed by atoms with Crippen LogP contribution < -0.4 is 0 Å². The van der Waals surface area contributed by atoms with Crippen LogP contribution in [0, 0.1) is 12.8 Å². The van der Waals surface area contributed by atoms with Crippen LogP contribution in [-0.4, -0.2) is 48.8 Å². The maximum absolute atomic E-state index is 11.2. The topological polar surface area (TPSA) is 49.8 Å². The summed E-state index contributed by atoms with van der Waals surface area (Å²) in [6, 6.07) is 19.3. The van der Waals surface area contributed by atoms with Gasteiger partial charge in [0, 0.05) is 25.6 Å². The molecule has 0 aliphatic carbocycles. The molecule has 3 rings (SSSR count). The first-order valence-corrected chi connectivity index (χ1v) is 10.3. The summed E-state index contributed by atoms with van der Waals surface area (Å²) in [6.45, 7) is 5.92. The van der Waals surface area contributed by atoms with Crippen LogP contribution in [0.3, 0.4) is 0 Å². The third kappa shape index (κ3) is 5.91. The van der Waals surface area contributed by atoms with E-state index in [0.717, 1.165) is 32.4 Å². The van der Waals surface area contributed by atoms with Crippen LogP contribution in [0.5, 0.6) is 0 Å². The van der Waals surface area contributed by atoms with Crippen LogP contribution >= 0.6 is 0 Å². The van der Waals surface area contributed by atoms with E-state index in [4.69, 9.17) is 4.74 Å². The van der Waals surface area contributed by atoms with Gasteiger partial charge in [0.05, 0.1) is 12.5 Å². The zero-order valence-electron chi connectivity index (χ0n) is 16.7. The average Bonchev–Trinajstić information content (AvgIpc) is 2.71. The van der Waals surface area contributed by atoms with Gasteiger partial charge in [-0.1, -0.05) is 60.2 Å². The minimum Gasteiger partial charge on any atom is -0.481 e. The molecule has 1 saturated heterocycles. The molecule has 1 N–H and O–H groups in total. The second kappa shape index (κ2) is 10.4. The molecule has 2 atom stereocenters. The summed E-state index contributed by atoms with van der Waals surface area (Å²) in [4.78, 5) is 13.4. The van der Waals surface area contributed by atoms with Crippen molar-refractivity contribution in [2.45, 2.75) is 32.1 Å². The minimum absolute atomic E-state index is 0.225. The van der Waals surface area contributed by atoms with Gasteiger partial charge in [-0.25, -0.2) is 0 Å². The van der Waals surface area contributed by atoms with E-state index in [-0.39, 0.29) is 5.92 Å². The predicted molar refractivity (Wildman–Crippen MR) is 112 cm³/mol. The lowest BCUT2D eigenvalue weighted by Gasteiger charge is -2.30. The number of hydrogen-bond acceptors (Lipinski definition) is 3. The second-order valence-corrected chi connectivity index (χ2v) is 7.76. The number of ether oxygens (including phenoxy) is 1. The monoisotopic (exact) mass is 381 g/mol. The van der Waals surface area contributed by atoms with Crippen LogP contribution in [0.4, 0.5) is 0 Å². The number of hydrogen-bond donors (Lipinski definition) is 1. The van der Waals surface area contributed by atoms with Gasteiger partial charge in [-0.3, -0.25) is 4.79 Å². The second-order valence-electron chi connectivity index (χ2n) is 7.76. The fraction of sp³-hybridized carbons (Fsp3) is 0.458. The lowest BCUT2D eigenvalue weighted by atomic mass is 9.88. The number of aliphatic carboxylic acids is 1. The van der Waals surface area contributed by atoms with E-state index in [1.807, 2.05) is 0 Å². The molecular formula is C24H31NO3. The average molecular weight is 382 g/mol. The molecule has 28 heavy (non-hydrogen) atoms. The van der Waals surface area contributed by atoms with Crippen LogP contribution in [0.15, 0.2) is 54.6 Å². The highest BCUT2D eigenvalue weighted by Crippen LogP contribution is 2.28. The predicted octanol–water partition coefficient (Wildman–Crippen LogP) is 4.33. The van der Waals surface area contributed by atoms with Gasteiger partial charge in [0.25, 0.3) is 0 Å². The number of nitrogens with zero attached hydrogens (tertiary/aromatic N) is 1. The van der Waals surface area contributed by atoms with Gasteiger partial charge in [-0.2, -0.15) is 0 Å². The number of aryl methyl sites for hydroxylation is 1. The van der Waals surface area contributed by atoms with Gasteiger partial charge >= 0.3 is 5.97 Å². The molecule has 2 aromatic rings. The standard InChI is InChI=1S/C24H31NO3/c1-19-7-5-10-21(17-19)23(20-8-3-2-4-9-20)12-15-28-16-14-25-13-6-11-22(18-25)24(26)27/h2-5,7-10,17,22-23H,6,11-16,18H2,1H3,(H,26,27). The SMILES string of the molecule is Cc1cccc(C(CCOCCN2CCCC(C(=O)O)C2)c2ccccc2)c1. The van der Waals surface area contributed by atoms with Gasteiger partial charge < -0.3 is 14.7 Å². The van der Waals surface area contributed by atoms with E-state index in [0.29, 0.717) is 25.7 Å². The van der Waals surface area contributed by atoms with Gasteiger partial charge in [0.1, 0.15) is 0 Å². The Morgan fingerprint density at radius 1 is 1.14 bits per heavy atom. The van der Waals surface area contributed by atoms with E-state index in [1.165, 1.54) is 16.7 Å². The summed E-state index contributed by atoms with van der Waals surface area (Å²) in [5, 5.41) is 9.20. The van der Waals surface area contributed by atoms with E-state index in [2.05, 4.69) is 66.4 Å². The van der Waals surface area contributed by atoms with Crippen molar-refractivity contribution in [3.63, 3.8) is 0 Å². The Labute approximate surface area is 168 Å². The Morgan fingerprint density at radius 3 is 2.68 bits per heavy atom. The zero-order valence-corrected chi connectivity index (χ0v) is 16.7. The molecule has 1 fully saturated rings. The van der Waals surface area contributed by atoms with Crippen molar-refractivity contribution in [3.8, 4) is 0 Å². The molecule has 0 amide bonds. The van der Waals surface area contributed by atoms with Crippen molar-refractivity contribution in [2.75, 3.05) is 32.8 Å². The summed E-state index contributed by atoms with van der Waals surface area (Å²) in [6.07, 6.45) is 2.69. The van der Waals surface area contributed by atoms with Crippen molar-refractivity contribution in [3.05, 3.63) is 71.3 Å². The van der Waals surface area contributed by atoms with Crippen LogP contribution in [0.1, 0.15) is 41.9 Å². The number of carboxylic acids is 1. The molecule has 2 aromatic carbocycles. The Hall–Kier alpha value is -2.17. The van der Waals surface area contributed by atoms with Gasteiger partial charge in [-0.05, 0) is 43.9 Å². The fourth-order valence-electron chi connectivity index (χ4n) is 4.06. The molecule has 2 unspecified atom stereocenters. The summed E-state index contributed by atoms with van der Waals surface area (Å²) >= 11 is 0. The van der Waals surface area contributed by atoms with Gasteiger partial charge in [0.2, 0.25) is 0 Å². The number of likely N-dealkylation sites (tertiary alicyclic amines) is 1.